The molecule has 4 nitrogen and oxygen atoms in total. The fraction of sp³-hybridized carbons (Fsp3) is 0.600. The van der Waals surface area contributed by atoms with E-state index in [0.29, 0.717) is 19.5 Å². The molecule has 1 aromatic carbocycles. The highest BCUT2D eigenvalue weighted by Gasteiger charge is 2.32. The third kappa shape index (κ3) is 3.59. The van der Waals surface area contributed by atoms with Crippen molar-refractivity contribution < 1.29 is 13.5 Å². The van der Waals surface area contributed by atoms with Gasteiger partial charge in [0.05, 0.1) is 11.9 Å². The number of aliphatic hydroxyl groups excluding tert-OH is 1. The molecule has 2 rings (SSSR count). The number of sulfonamides is 1. The van der Waals surface area contributed by atoms with Gasteiger partial charge in [-0.05, 0) is 23.8 Å². The van der Waals surface area contributed by atoms with Crippen LogP contribution in [0.4, 0.5) is 0 Å². The Bertz CT molecular complexity index is 529. The van der Waals surface area contributed by atoms with E-state index in [1.54, 1.807) is 0 Å². The summed E-state index contributed by atoms with van der Waals surface area (Å²) in [5.74, 6) is 0.105. The van der Waals surface area contributed by atoms with Gasteiger partial charge in [-0.25, -0.2) is 12.7 Å². The molecule has 0 amide bonds. The molecule has 0 spiro atoms. The average Bonchev–Trinajstić information content (AvgIpc) is 2.42. The molecule has 0 aromatic heterocycles. The molecule has 1 aliphatic rings. The molecule has 1 fully saturated rings. The van der Waals surface area contributed by atoms with Gasteiger partial charge in [-0.2, -0.15) is 0 Å². The maximum Gasteiger partial charge on any atom is 0.214 e. The van der Waals surface area contributed by atoms with Crippen LogP contribution in [0, 0.1) is 5.92 Å². The van der Waals surface area contributed by atoms with Crippen LogP contribution in [0.1, 0.15) is 31.7 Å². The van der Waals surface area contributed by atoms with Crippen LogP contribution in [0.15, 0.2) is 30.3 Å². The van der Waals surface area contributed by atoms with Crippen molar-refractivity contribution in [1.29, 1.82) is 0 Å². The van der Waals surface area contributed by atoms with Gasteiger partial charge in [0, 0.05) is 13.1 Å². The van der Waals surface area contributed by atoms with Crippen LogP contribution in [0.25, 0.3) is 0 Å². The topological polar surface area (TPSA) is 57.6 Å². The van der Waals surface area contributed by atoms with Crippen molar-refractivity contribution in [2.75, 3.05) is 18.8 Å². The monoisotopic (exact) mass is 297 g/mol. The molecule has 112 valence electrons. The lowest BCUT2D eigenvalue weighted by Crippen LogP contribution is -2.46. The zero-order valence-corrected chi connectivity index (χ0v) is 12.9. The molecular weight excluding hydrogens is 274 g/mol. The smallest absolute Gasteiger partial charge is 0.214 e. The zero-order chi connectivity index (χ0) is 14.8. The van der Waals surface area contributed by atoms with Crippen LogP contribution in [0.3, 0.4) is 0 Å². The van der Waals surface area contributed by atoms with Gasteiger partial charge in [0.1, 0.15) is 0 Å². The normalized spacial score (nSPS) is 26.4. The first-order valence-electron chi connectivity index (χ1n) is 7.11. The quantitative estimate of drug-likeness (QED) is 0.922. The first kappa shape index (κ1) is 15.5. The minimum absolute atomic E-state index is 0.00514. The number of aliphatic hydroxyl groups is 1. The Kier molecular flexibility index (Phi) is 4.83. The summed E-state index contributed by atoms with van der Waals surface area (Å²) >= 11 is 0. The molecule has 1 heterocycles. The number of hydrogen-bond donors (Lipinski definition) is 1. The third-order valence-electron chi connectivity index (χ3n) is 4.05. The fourth-order valence-corrected chi connectivity index (χ4v) is 4.53. The van der Waals surface area contributed by atoms with E-state index in [2.05, 4.69) is 0 Å². The first-order valence-corrected chi connectivity index (χ1v) is 8.72. The number of hydrogen-bond acceptors (Lipinski definition) is 3. The standard InChI is InChI=1S/C15H23NO3S/c1-12-10-16(9-8-15(12)17)20(18,19)11-13(2)14-6-4-3-5-7-14/h3-7,12-13,15,17H,8-11H2,1-2H3. The molecule has 1 aromatic rings. The van der Waals surface area contributed by atoms with Crippen molar-refractivity contribution in [2.45, 2.75) is 32.3 Å². The van der Waals surface area contributed by atoms with E-state index in [1.165, 1.54) is 4.31 Å². The largest absolute Gasteiger partial charge is 0.393 e. The molecule has 1 N–H and O–H groups in total. The van der Waals surface area contributed by atoms with E-state index in [0.717, 1.165) is 5.56 Å². The summed E-state index contributed by atoms with van der Waals surface area (Å²) in [4.78, 5) is 0. The molecule has 3 atom stereocenters. The second-order valence-corrected chi connectivity index (χ2v) is 7.80. The van der Waals surface area contributed by atoms with Crippen molar-refractivity contribution in [1.82, 2.24) is 4.31 Å². The van der Waals surface area contributed by atoms with Crippen molar-refractivity contribution >= 4 is 10.0 Å². The van der Waals surface area contributed by atoms with Gasteiger partial charge in [0.25, 0.3) is 0 Å². The maximum atomic E-state index is 12.5. The van der Waals surface area contributed by atoms with E-state index in [4.69, 9.17) is 0 Å². The van der Waals surface area contributed by atoms with Gasteiger partial charge >= 0.3 is 0 Å². The van der Waals surface area contributed by atoms with E-state index in [1.807, 2.05) is 44.2 Å². The van der Waals surface area contributed by atoms with Crippen LogP contribution < -0.4 is 0 Å². The molecular formula is C15H23NO3S. The highest BCUT2D eigenvalue weighted by Crippen LogP contribution is 2.23. The Balaban J connectivity index is 2.04. The molecule has 0 saturated carbocycles. The fourth-order valence-electron chi connectivity index (χ4n) is 2.65. The highest BCUT2D eigenvalue weighted by atomic mass is 32.2. The minimum Gasteiger partial charge on any atom is -0.393 e. The molecule has 0 radical (unpaired) electrons. The Morgan fingerprint density at radius 3 is 2.60 bits per heavy atom. The highest BCUT2D eigenvalue weighted by molar-refractivity contribution is 7.89. The molecule has 3 unspecified atom stereocenters. The summed E-state index contributed by atoms with van der Waals surface area (Å²) in [7, 11) is -3.26. The molecule has 5 heteroatoms. The summed E-state index contributed by atoms with van der Waals surface area (Å²) in [5, 5.41) is 9.70. The molecule has 0 bridgehead atoms. The van der Waals surface area contributed by atoms with Crippen LogP contribution in [0.2, 0.25) is 0 Å². The van der Waals surface area contributed by atoms with Crippen molar-refractivity contribution in [2.24, 2.45) is 5.92 Å². The SMILES string of the molecule is CC(CS(=O)(=O)N1CCC(O)C(C)C1)c1ccccc1. The Labute approximate surface area is 121 Å². The van der Waals surface area contributed by atoms with Crippen LogP contribution in [-0.4, -0.2) is 42.8 Å². The molecule has 20 heavy (non-hydrogen) atoms. The lowest BCUT2D eigenvalue weighted by molar-refractivity contribution is 0.0628. The summed E-state index contributed by atoms with van der Waals surface area (Å²) < 4.78 is 26.5. The van der Waals surface area contributed by atoms with Gasteiger partial charge in [-0.3, -0.25) is 0 Å². The number of benzene rings is 1. The van der Waals surface area contributed by atoms with Crippen molar-refractivity contribution in [3.8, 4) is 0 Å². The lowest BCUT2D eigenvalue weighted by Gasteiger charge is -2.34. The molecule has 1 saturated heterocycles. The van der Waals surface area contributed by atoms with Crippen LogP contribution in [0.5, 0.6) is 0 Å². The maximum absolute atomic E-state index is 12.5. The average molecular weight is 297 g/mol. The summed E-state index contributed by atoms with van der Waals surface area (Å²) in [5.41, 5.74) is 1.04. The zero-order valence-electron chi connectivity index (χ0n) is 12.1. The summed E-state index contributed by atoms with van der Waals surface area (Å²) in [6.45, 7) is 4.68. The van der Waals surface area contributed by atoms with Gasteiger partial charge in [-0.15, -0.1) is 0 Å². The van der Waals surface area contributed by atoms with Crippen molar-refractivity contribution in [3.63, 3.8) is 0 Å². The Hall–Kier alpha value is -0.910. The number of rotatable bonds is 4. The summed E-state index contributed by atoms with van der Waals surface area (Å²) in [6, 6.07) is 9.71. The second-order valence-electron chi connectivity index (χ2n) is 5.78. The molecule has 1 aliphatic heterocycles. The minimum atomic E-state index is -3.26. The van der Waals surface area contributed by atoms with Gasteiger partial charge < -0.3 is 5.11 Å². The van der Waals surface area contributed by atoms with Gasteiger partial charge in [0.15, 0.2) is 0 Å². The Morgan fingerprint density at radius 1 is 1.35 bits per heavy atom. The van der Waals surface area contributed by atoms with Crippen molar-refractivity contribution in [3.05, 3.63) is 35.9 Å². The predicted molar refractivity (Wildman–Crippen MR) is 80.0 cm³/mol. The third-order valence-corrected chi connectivity index (χ3v) is 6.09. The lowest BCUT2D eigenvalue weighted by atomic mass is 9.99. The van der Waals surface area contributed by atoms with E-state index < -0.39 is 10.0 Å². The van der Waals surface area contributed by atoms with E-state index in [-0.39, 0.29) is 23.7 Å². The van der Waals surface area contributed by atoms with Gasteiger partial charge in [0.2, 0.25) is 10.0 Å². The van der Waals surface area contributed by atoms with E-state index in [9.17, 15) is 13.5 Å². The first-order chi connectivity index (χ1) is 9.40. The van der Waals surface area contributed by atoms with E-state index >= 15 is 0 Å². The second kappa shape index (κ2) is 6.24. The number of nitrogens with zero attached hydrogens (tertiary/aromatic N) is 1. The summed E-state index contributed by atoms with van der Waals surface area (Å²) in [6.07, 6.45) is 0.146. The van der Waals surface area contributed by atoms with Crippen LogP contribution in [-0.2, 0) is 10.0 Å². The van der Waals surface area contributed by atoms with Gasteiger partial charge in [-0.1, -0.05) is 44.2 Å². The predicted octanol–water partition coefficient (Wildman–Crippen LogP) is 1.82. The number of piperidine rings is 1. The van der Waals surface area contributed by atoms with Crippen LogP contribution >= 0.6 is 0 Å². The Morgan fingerprint density at radius 2 is 2.00 bits per heavy atom. The molecule has 0 aliphatic carbocycles.